The molecule has 4 heteroatoms. The van der Waals surface area contributed by atoms with Crippen LogP contribution in [0.3, 0.4) is 0 Å². The highest BCUT2D eigenvalue weighted by Gasteiger charge is 2.23. The molecule has 0 spiro atoms. The van der Waals surface area contributed by atoms with E-state index in [4.69, 9.17) is 5.11 Å². The number of aliphatic hydroxyl groups excluding tert-OH is 1. The minimum Gasteiger partial charge on any atom is -0.396 e. The Hall–Kier alpha value is -0.160. The molecule has 0 saturated carbocycles. The molecule has 0 heterocycles. The van der Waals surface area contributed by atoms with Crippen molar-refractivity contribution in [2.24, 2.45) is 0 Å². The van der Waals surface area contributed by atoms with Gasteiger partial charge in [-0.15, -0.1) is 0 Å². The summed E-state index contributed by atoms with van der Waals surface area (Å²) >= 11 is 0. The van der Waals surface area contributed by atoms with Crippen LogP contribution < -0.4 is 0 Å². The summed E-state index contributed by atoms with van der Waals surface area (Å²) in [6, 6.07) is 0. The summed E-state index contributed by atoms with van der Waals surface area (Å²) in [7, 11) is 0. The van der Waals surface area contributed by atoms with Crippen molar-refractivity contribution in [2.45, 2.75) is 45.3 Å². The Morgan fingerprint density at radius 2 is 1.33 bits per heavy atom. The second kappa shape index (κ2) is 5.80. The molecule has 0 amide bonds. The highest BCUT2D eigenvalue weighted by Crippen LogP contribution is 2.10. The molecule has 0 atom stereocenters. The van der Waals surface area contributed by atoms with E-state index >= 15 is 0 Å². The summed E-state index contributed by atoms with van der Waals surface area (Å²) in [4.78, 5) is 1.97. The van der Waals surface area contributed by atoms with Crippen molar-refractivity contribution in [1.29, 1.82) is 0 Å². The van der Waals surface area contributed by atoms with Crippen LogP contribution in [0.5, 0.6) is 0 Å². The minimum absolute atomic E-state index is 0.133. The first-order valence-electron chi connectivity index (χ1n) is 5.42. The third-order valence-corrected chi connectivity index (χ3v) is 1.85. The van der Waals surface area contributed by atoms with Crippen molar-refractivity contribution in [3.8, 4) is 0 Å². The second-order valence-electron chi connectivity index (χ2n) is 5.41. The van der Waals surface area contributed by atoms with Gasteiger partial charge in [0, 0.05) is 26.2 Å². The van der Waals surface area contributed by atoms with Crippen LogP contribution in [-0.4, -0.2) is 57.7 Å². The van der Waals surface area contributed by atoms with Crippen LogP contribution in [0.25, 0.3) is 0 Å². The molecule has 0 fully saturated rings. The van der Waals surface area contributed by atoms with Crippen LogP contribution >= 0.6 is 0 Å². The molecule has 0 aliphatic rings. The van der Waals surface area contributed by atoms with Gasteiger partial charge >= 0.3 is 0 Å². The SMILES string of the molecule is CC(C)(O)CN(CCCO)CC(C)(C)O. The smallest absolute Gasteiger partial charge is 0.0718 e. The topological polar surface area (TPSA) is 63.9 Å². The number of hydrogen-bond acceptors (Lipinski definition) is 4. The summed E-state index contributed by atoms with van der Waals surface area (Å²) in [5, 5.41) is 28.2. The van der Waals surface area contributed by atoms with E-state index in [1.54, 1.807) is 27.7 Å². The Bertz CT molecular complexity index is 154. The average Bonchev–Trinajstić information content (AvgIpc) is 1.94. The normalized spacial score (nSPS) is 13.6. The van der Waals surface area contributed by atoms with Gasteiger partial charge in [0.15, 0.2) is 0 Å². The predicted molar refractivity (Wildman–Crippen MR) is 60.7 cm³/mol. The Morgan fingerprint density at radius 1 is 0.933 bits per heavy atom. The van der Waals surface area contributed by atoms with Crippen LogP contribution in [0.2, 0.25) is 0 Å². The maximum Gasteiger partial charge on any atom is 0.0718 e. The first kappa shape index (κ1) is 14.8. The molecule has 0 aliphatic carbocycles. The van der Waals surface area contributed by atoms with Crippen LogP contribution in [0.1, 0.15) is 34.1 Å². The van der Waals surface area contributed by atoms with Gasteiger partial charge in [-0.1, -0.05) is 0 Å². The fourth-order valence-electron chi connectivity index (χ4n) is 1.60. The summed E-state index contributed by atoms with van der Waals surface area (Å²) in [5.41, 5.74) is -1.55. The van der Waals surface area contributed by atoms with E-state index in [-0.39, 0.29) is 6.61 Å². The molecule has 0 bridgehead atoms. The van der Waals surface area contributed by atoms with Gasteiger partial charge in [0.05, 0.1) is 11.2 Å². The van der Waals surface area contributed by atoms with Gasteiger partial charge in [0.2, 0.25) is 0 Å². The molecular weight excluding hydrogens is 194 g/mol. The maximum absolute atomic E-state index is 9.70. The lowest BCUT2D eigenvalue weighted by atomic mass is 10.1. The first-order chi connectivity index (χ1) is 6.64. The first-order valence-corrected chi connectivity index (χ1v) is 5.42. The van der Waals surface area contributed by atoms with Crippen molar-refractivity contribution in [1.82, 2.24) is 4.90 Å². The average molecular weight is 219 g/mol. The van der Waals surface area contributed by atoms with Gasteiger partial charge < -0.3 is 15.3 Å². The minimum atomic E-state index is -0.777. The van der Waals surface area contributed by atoms with Crippen LogP contribution in [0.15, 0.2) is 0 Å². The van der Waals surface area contributed by atoms with Gasteiger partial charge in [-0.05, 0) is 34.1 Å². The van der Waals surface area contributed by atoms with Gasteiger partial charge in [-0.2, -0.15) is 0 Å². The third kappa shape index (κ3) is 10.1. The Balaban J connectivity index is 4.19. The molecule has 0 aromatic rings. The fraction of sp³-hybridized carbons (Fsp3) is 1.00. The van der Waals surface area contributed by atoms with Gasteiger partial charge in [-0.3, -0.25) is 4.90 Å². The van der Waals surface area contributed by atoms with E-state index in [0.717, 1.165) is 0 Å². The summed E-state index contributed by atoms with van der Waals surface area (Å²) < 4.78 is 0. The molecule has 15 heavy (non-hydrogen) atoms. The van der Waals surface area contributed by atoms with Crippen LogP contribution in [0, 0.1) is 0 Å². The lowest BCUT2D eigenvalue weighted by Crippen LogP contribution is -2.45. The zero-order valence-corrected chi connectivity index (χ0v) is 10.3. The summed E-state index contributed by atoms with van der Waals surface area (Å²) in [5.74, 6) is 0. The van der Waals surface area contributed by atoms with Crippen molar-refractivity contribution in [3.05, 3.63) is 0 Å². The largest absolute Gasteiger partial charge is 0.396 e. The summed E-state index contributed by atoms with van der Waals surface area (Å²) in [6.07, 6.45) is 0.659. The van der Waals surface area contributed by atoms with Gasteiger partial charge in [-0.25, -0.2) is 0 Å². The molecule has 0 radical (unpaired) electrons. The standard InChI is InChI=1S/C11H25NO3/c1-10(2,14)8-12(6-5-7-13)9-11(3,4)15/h13-15H,5-9H2,1-4H3. The van der Waals surface area contributed by atoms with E-state index in [9.17, 15) is 10.2 Å². The number of hydrogen-bond donors (Lipinski definition) is 3. The zero-order valence-electron chi connectivity index (χ0n) is 10.3. The number of nitrogens with zero attached hydrogens (tertiary/aromatic N) is 1. The van der Waals surface area contributed by atoms with E-state index in [0.29, 0.717) is 26.1 Å². The highest BCUT2D eigenvalue weighted by atomic mass is 16.3. The molecule has 0 aromatic heterocycles. The number of aliphatic hydroxyl groups is 3. The van der Waals surface area contributed by atoms with Gasteiger partial charge in [0.1, 0.15) is 0 Å². The van der Waals surface area contributed by atoms with Crippen molar-refractivity contribution < 1.29 is 15.3 Å². The molecule has 0 unspecified atom stereocenters. The van der Waals surface area contributed by atoms with Crippen molar-refractivity contribution >= 4 is 0 Å². The zero-order chi connectivity index (χ0) is 12.1. The number of rotatable bonds is 7. The summed E-state index contributed by atoms with van der Waals surface area (Å²) in [6.45, 7) is 8.77. The van der Waals surface area contributed by atoms with E-state index < -0.39 is 11.2 Å². The van der Waals surface area contributed by atoms with Crippen LogP contribution in [-0.2, 0) is 0 Å². The Kier molecular flexibility index (Phi) is 5.73. The van der Waals surface area contributed by atoms with E-state index in [1.165, 1.54) is 0 Å². The molecular formula is C11H25NO3. The molecule has 0 aliphatic heterocycles. The Morgan fingerprint density at radius 3 is 1.60 bits per heavy atom. The van der Waals surface area contributed by atoms with Crippen molar-refractivity contribution in [2.75, 3.05) is 26.2 Å². The third-order valence-electron chi connectivity index (χ3n) is 1.85. The molecule has 0 saturated heterocycles. The molecule has 0 rings (SSSR count). The quantitative estimate of drug-likeness (QED) is 0.573. The second-order valence-corrected chi connectivity index (χ2v) is 5.41. The molecule has 92 valence electrons. The molecule has 3 N–H and O–H groups in total. The van der Waals surface area contributed by atoms with E-state index in [2.05, 4.69) is 0 Å². The molecule has 0 aromatic carbocycles. The van der Waals surface area contributed by atoms with Crippen molar-refractivity contribution in [3.63, 3.8) is 0 Å². The van der Waals surface area contributed by atoms with Crippen LogP contribution in [0.4, 0.5) is 0 Å². The Labute approximate surface area is 92.5 Å². The predicted octanol–water partition coefficient (Wildman–Crippen LogP) is 0.213. The monoisotopic (exact) mass is 219 g/mol. The highest BCUT2D eigenvalue weighted by molar-refractivity contribution is 4.77. The van der Waals surface area contributed by atoms with Gasteiger partial charge in [0.25, 0.3) is 0 Å². The molecule has 4 nitrogen and oxygen atoms in total. The lowest BCUT2D eigenvalue weighted by molar-refractivity contribution is -0.00907. The lowest BCUT2D eigenvalue weighted by Gasteiger charge is -2.33. The maximum atomic E-state index is 9.70. The fourth-order valence-corrected chi connectivity index (χ4v) is 1.60. The van der Waals surface area contributed by atoms with E-state index in [1.807, 2.05) is 4.90 Å².